The van der Waals surface area contributed by atoms with Crippen molar-refractivity contribution < 1.29 is 4.79 Å². The van der Waals surface area contributed by atoms with E-state index in [2.05, 4.69) is 22.5 Å². The van der Waals surface area contributed by atoms with Gasteiger partial charge in [-0.05, 0) is 37.9 Å². The molecule has 0 aliphatic carbocycles. The average molecular weight is 296 g/mol. The van der Waals surface area contributed by atoms with E-state index in [-0.39, 0.29) is 12.1 Å². The Morgan fingerprint density at radius 3 is 2.70 bits per heavy atom. The Kier molecular flexibility index (Phi) is 5.68. The number of urea groups is 1. The van der Waals surface area contributed by atoms with Crippen molar-refractivity contribution in [1.29, 1.82) is 0 Å². The van der Waals surface area contributed by atoms with E-state index >= 15 is 0 Å². The van der Waals surface area contributed by atoms with Crippen molar-refractivity contribution in [1.82, 2.24) is 10.2 Å². The third-order valence-electron chi connectivity index (χ3n) is 3.58. The fraction of sp³-hybridized carbons (Fsp3) is 0.533. The van der Waals surface area contributed by atoms with Crippen LogP contribution in [0.5, 0.6) is 0 Å². The number of piperidine rings is 1. The maximum Gasteiger partial charge on any atom is 0.319 e. The molecule has 2 N–H and O–H groups in total. The number of likely N-dealkylation sites (tertiary alicyclic amines) is 1. The molecule has 1 heterocycles. The van der Waals surface area contributed by atoms with E-state index < -0.39 is 0 Å². The summed E-state index contributed by atoms with van der Waals surface area (Å²) < 4.78 is 0. The molecule has 1 aromatic rings. The molecule has 0 spiro atoms. The summed E-state index contributed by atoms with van der Waals surface area (Å²) in [7, 11) is 0. The smallest absolute Gasteiger partial charge is 0.319 e. The number of anilines is 1. The van der Waals surface area contributed by atoms with Gasteiger partial charge < -0.3 is 15.5 Å². The molecule has 0 aromatic heterocycles. The number of nitrogens with zero attached hydrogens (tertiary/aromatic N) is 1. The highest BCUT2D eigenvalue weighted by Crippen LogP contribution is 2.20. The summed E-state index contributed by atoms with van der Waals surface area (Å²) in [6.45, 7) is 5.47. The van der Waals surface area contributed by atoms with E-state index in [4.69, 9.17) is 11.6 Å². The van der Waals surface area contributed by atoms with Crippen LogP contribution in [0.1, 0.15) is 26.2 Å². The molecule has 1 aromatic carbocycles. The summed E-state index contributed by atoms with van der Waals surface area (Å²) in [6, 6.07) is 7.34. The van der Waals surface area contributed by atoms with E-state index in [1.54, 1.807) is 12.1 Å². The summed E-state index contributed by atoms with van der Waals surface area (Å²) in [5, 5.41) is 6.38. The number of halogens is 1. The van der Waals surface area contributed by atoms with Crippen molar-refractivity contribution in [3.05, 3.63) is 29.3 Å². The molecule has 1 aliphatic rings. The van der Waals surface area contributed by atoms with Gasteiger partial charge in [-0.2, -0.15) is 0 Å². The second kappa shape index (κ2) is 7.50. The molecule has 110 valence electrons. The van der Waals surface area contributed by atoms with E-state index in [1.165, 1.54) is 6.42 Å². The fourth-order valence-corrected chi connectivity index (χ4v) is 2.71. The number of amides is 2. The lowest BCUT2D eigenvalue weighted by atomic mass is 10.1. The molecule has 2 amide bonds. The van der Waals surface area contributed by atoms with Crippen molar-refractivity contribution in [3.8, 4) is 0 Å². The number of hydrogen-bond donors (Lipinski definition) is 2. The molecule has 4 nitrogen and oxygen atoms in total. The molecular weight excluding hydrogens is 274 g/mol. The first-order chi connectivity index (χ1) is 9.69. The minimum Gasteiger partial charge on any atom is -0.335 e. The number of rotatable bonds is 4. The number of nitrogens with one attached hydrogen (secondary N) is 2. The zero-order valence-corrected chi connectivity index (χ0v) is 12.6. The molecule has 1 aliphatic heterocycles. The third kappa shape index (κ3) is 4.39. The lowest BCUT2D eigenvalue weighted by Crippen LogP contribution is -2.46. The molecule has 0 unspecified atom stereocenters. The highest BCUT2D eigenvalue weighted by Gasteiger charge is 2.20. The van der Waals surface area contributed by atoms with Gasteiger partial charge in [-0.3, -0.25) is 0 Å². The van der Waals surface area contributed by atoms with Crippen LogP contribution in [0.4, 0.5) is 10.5 Å². The molecule has 0 saturated carbocycles. The topological polar surface area (TPSA) is 44.4 Å². The van der Waals surface area contributed by atoms with Gasteiger partial charge in [-0.25, -0.2) is 4.79 Å². The van der Waals surface area contributed by atoms with E-state index in [0.717, 1.165) is 32.5 Å². The van der Waals surface area contributed by atoms with Crippen LogP contribution in [0.2, 0.25) is 5.02 Å². The SMILES string of the molecule is CCCN1CCC(NC(=O)Nc2ccccc2Cl)CC1. The summed E-state index contributed by atoms with van der Waals surface area (Å²) in [5.41, 5.74) is 0.648. The highest BCUT2D eigenvalue weighted by atomic mass is 35.5. The number of hydrogen-bond acceptors (Lipinski definition) is 2. The molecule has 20 heavy (non-hydrogen) atoms. The van der Waals surface area contributed by atoms with Crippen molar-refractivity contribution in [2.75, 3.05) is 25.0 Å². The number of carbonyl (C=O) groups is 1. The Morgan fingerprint density at radius 2 is 2.05 bits per heavy atom. The molecule has 0 bridgehead atoms. The van der Waals surface area contributed by atoms with E-state index in [1.807, 2.05) is 12.1 Å². The Hall–Kier alpha value is -1.26. The van der Waals surface area contributed by atoms with Crippen LogP contribution < -0.4 is 10.6 Å². The molecule has 0 radical (unpaired) electrons. The average Bonchev–Trinajstić information content (AvgIpc) is 2.44. The molecule has 5 heteroatoms. The largest absolute Gasteiger partial charge is 0.335 e. The summed E-state index contributed by atoms with van der Waals surface area (Å²) in [6.07, 6.45) is 3.21. The Morgan fingerprint density at radius 1 is 1.35 bits per heavy atom. The Labute approximate surface area is 125 Å². The second-order valence-corrected chi connectivity index (χ2v) is 5.60. The van der Waals surface area contributed by atoms with Crippen LogP contribution in [0, 0.1) is 0 Å². The predicted molar refractivity (Wildman–Crippen MR) is 83.4 cm³/mol. The van der Waals surface area contributed by atoms with Gasteiger partial charge in [0.15, 0.2) is 0 Å². The van der Waals surface area contributed by atoms with E-state index in [0.29, 0.717) is 10.7 Å². The van der Waals surface area contributed by atoms with Gasteiger partial charge >= 0.3 is 6.03 Å². The lowest BCUT2D eigenvalue weighted by molar-refractivity contribution is 0.196. The van der Waals surface area contributed by atoms with Crippen molar-refractivity contribution in [2.45, 2.75) is 32.2 Å². The van der Waals surface area contributed by atoms with Gasteiger partial charge in [-0.1, -0.05) is 30.7 Å². The van der Waals surface area contributed by atoms with Crippen LogP contribution in [0.3, 0.4) is 0 Å². The van der Waals surface area contributed by atoms with Crippen LogP contribution in [0.25, 0.3) is 0 Å². The van der Waals surface area contributed by atoms with Gasteiger partial charge in [-0.15, -0.1) is 0 Å². The minimum atomic E-state index is -0.174. The summed E-state index contributed by atoms with van der Waals surface area (Å²) >= 11 is 6.02. The van der Waals surface area contributed by atoms with Gasteiger partial charge in [0, 0.05) is 19.1 Å². The van der Waals surface area contributed by atoms with Crippen LogP contribution >= 0.6 is 11.6 Å². The normalized spacial score (nSPS) is 16.9. The zero-order valence-electron chi connectivity index (χ0n) is 11.9. The molecule has 1 fully saturated rings. The molecule has 2 rings (SSSR count). The fourth-order valence-electron chi connectivity index (χ4n) is 2.52. The predicted octanol–water partition coefficient (Wildman–Crippen LogP) is 3.34. The number of benzene rings is 1. The first kappa shape index (κ1) is 15.1. The van der Waals surface area contributed by atoms with Gasteiger partial charge in [0.1, 0.15) is 0 Å². The standard InChI is InChI=1S/C15H22ClN3O/c1-2-9-19-10-7-12(8-11-19)17-15(20)18-14-6-4-3-5-13(14)16/h3-6,12H,2,7-11H2,1H3,(H2,17,18,20). The van der Waals surface area contributed by atoms with Crippen molar-refractivity contribution in [3.63, 3.8) is 0 Å². The van der Waals surface area contributed by atoms with Crippen LogP contribution in [0.15, 0.2) is 24.3 Å². The maximum atomic E-state index is 11.9. The van der Waals surface area contributed by atoms with Gasteiger partial charge in [0.2, 0.25) is 0 Å². The Bertz CT molecular complexity index is 444. The Balaban J connectivity index is 1.77. The minimum absolute atomic E-state index is 0.174. The number of carbonyl (C=O) groups excluding carboxylic acids is 1. The van der Waals surface area contributed by atoms with Gasteiger partial charge in [0.25, 0.3) is 0 Å². The monoisotopic (exact) mass is 295 g/mol. The number of para-hydroxylation sites is 1. The van der Waals surface area contributed by atoms with Crippen LogP contribution in [-0.4, -0.2) is 36.6 Å². The zero-order chi connectivity index (χ0) is 14.4. The third-order valence-corrected chi connectivity index (χ3v) is 3.91. The quantitative estimate of drug-likeness (QED) is 0.895. The van der Waals surface area contributed by atoms with Gasteiger partial charge in [0.05, 0.1) is 10.7 Å². The first-order valence-electron chi connectivity index (χ1n) is 7.23. The lowest BCUT2D eigenvalue weighted by Gasteiger charge is -2.32. The highest BCUT2D eigenvalue weighted by molar-refractivity contribution is 6.33. The maximum absolute atomic E-state index is 11.9. The molecule has 1 saturated heterocycles. The second-order valence-electron chi connectivity index (χ2n) is 5.19. The molecule has 0 atom stereocenters. The van der Waals surface area contributed by atoms with Crippen LogP contribution in [-0.2, 0) is 0 Å². The van der Waals surface area contributed by atoms with Crippen molar-refractivity contribution >= 4 is 23.3 Å². The summed E-state index contributed by atoms with van der Waals surface area (Å²) in [5.74, 6) is 0. The molecular formula is C15H22ClN3O. The van der Waals surface area contributed by atoms with E-state index in [9.17, 15) is 4.79 Å². The van der Waals surface area contributed by atoms with Crippen molar-refractivity contribution in [2.24, 2.45) is 0 Å². The summed E-state index contributed by atoms with van der Waals surface area (Å²) in [4.78, 5) is 14.4. The first-order valence-corrected chi connectivity index (χ1v) is 7.61.